The summed E-state index contributed by atoms with van der Waals surface area (Å²) in [5.74, 6) is -0.854. The smallest absolute Gasteiger partial charge is 0.309 e. The summed E-state index contributed by atoms with van der Waals surface area (Å²) in [6, 6.07) is 0. The Morgan fingerprint density at radius 1 is 1.77 bits per heavy atom. The Kier molecular flexibility index (Phi) is 2.28. The Morgan fingerprint density at radius 2 is 2.54 bits per heavy atom. The van der Waals surface area contributed by atoms with Crippen LogP contribution in [-0.4, -0.2) is 34.0 Å². The van der Waals surface area contributed by atoms with E-state index in [2.05, 4.69) is 9.88 Å². The van der Waals surface area contributed by atoms with E-state index in [0.717, 1.165) is 12.2 Å². The zero-order chi connectivity index (χ0) is 9.26. The molecule has 0 amide bonds. The molecule has 1 aliphatic heterocycles. The van der Waals surface area contributed by atoms with Gasteiger partial charge >= 0.3 is 5.97 Å². The van der Waals surface area contributed by atoms with E-state index >= 15 is 0 Å². The van der Waals surface area contributed by atoms with Crippen molar-refractivity contribution in [3.8, 4) is 0 Å². The summed E-state index contributed by atoms with van der Waals surface area (Å²) in [6.07, 6.45) is 0. The summed E-state index contributed by atoms with van der Waals surface area (Å²) in [7, 11) is 0. The predicted molar refractivity (Wildman–Crippen MR) is 48.5 cm³/mol. The molecule has 1 saturated heterocycles. The molecule has 70 valence electrons. The van der Waals surface area contributed by atoms with Crippen LogP contribution in [0.4, 0.5) is 0 Å². The van der Waals surface area contributed by atoms with Crippen LogP contribution < -0.4 is 0 Å². The van der Waals surface area contributed by atoms with E-state index in [0.29, 0.717) is 13.1 Å². The fourth-order valence-electron chi connectivity index (χ4n) is 1.40. The number of nitrogens with zero attached hydrogens (tertiary/aromatic N) is 2. The molecule has 0 unspecified atom stereocenters. The van der Waals surface area contributed by atoms with Gasteiger partial charge in [-0.2, -0.15) is 0 Å². The van der Waals surface area contributed by atoms with Gasteiger partial charge in [-0.3, -0.25) is 9.69 Å². The molecule has 13 heavy (non-hydrogen) atoms. The molecule has 4 nitrogen and oxygen atoms in total. The maximum absolute atomic E-state index is 10.5. The molecular weight excluding hydrogens is 188 g/mol. The lowest BCUT2D eigenvalue weighted by molar-refractivity contribution is -0.147. The van der Waals surface area contributed by atoms with Crippen molar-refractivity contribution in [3.63, 3.8) is 0 Å². The quantitative estimate of drug-likeness (QED) is 0.775. The zero-order valence-electron chi connectivity index (χ0n) is 7.01. The lowest BCUT2D eigenvalue weighted by atomic mass is 10.0. The SMILES string of the molecule is O=C(O)C1CN(Cc2cscn2)C1. The van der Waals surface area contributed by atoms with Gasteiger partial charge in [-0.1, -0.05) is 0 Å². The van der Waals surface area contributed by atoms with Gasteiger partial charge in [0, 0.05) is 25.0 Å². The molecule has 1 aromatic rings. The Labute approximate surface area is 79.8 Å². The van der Waals surface area contributed by atoms with Crippen LogP contribution in [0.2, 0.25) is 0 Å². The first-order valence-corrected chi connectivity index (χ1v) is 5.02. The molecule has 1 aromatic heterocycles. The van der Waals surface area contributed by atoms with Crippen molar-refractivity contribution in [2.24, 2.45) is 5.92 Å². The summed E-state index contributed by atoms with van der Waals surface area (Å²) in [6.45, 7) is 2.10. The number of rotatable bonds is 3. The molecule has 1 N–H and O–H groups in total. The Hall–Kier alpha value is -0.940. The minimum Gasteiger partial charge on any atom is -0.481 e. The largest absolute Gasteiger partial charge is 0.481 e. The van der Waals surface area contributed by atoms with Crippen LogP contribution in [-0.2, 0) is 11.3 Å². The lowest BCUT2D eigenvalue weighted by Gasteiger charge is -2.35. The van der Waals surface area contributed by atoms with Gasteiger partial charge in [-0.25, -0.2) is 4.98 Å². The molecule has 0 aliphatic carbocycles. The molecule has 0 bridgehead atoms. The van der Waals surface area contributed by atoms with E-state index in [1.165, 1.54) is 0 Å². The number of carbonyl (C=O) groups is 1. The maximum atomic E-state index is 10.5. The molecule has 0 saturated carbocycles. The molecule has 2 rings (SSSR count). The number of hydrogen-bond acceptors (Lipinski definition) is 4. The van der Waals surface area contributed by atoms with Crippen LogP contribution in [0.1, 0.15) is 5.69 Å². The summed E-state index contributed by atoms with van der Waals surface area (Å²) in [4.78, 5) is 16.7. The number of thiazole rings is 1. The van der Waals surface area contributed by atoms with Crippen LogP contribution in [0.5, 0.6) is 0 Å². The predicted octanol–water partition coefficient (Wildman–Crippen LogP) is 0.659. The van der Waals surface area contributed by atoms with E-state index in [1.807, 2.05) is 5.38 Å². The third kappa shape index (κ3) is 1.87. The van der Waals surface area contributed by atoms with Gasteiger partial charge in [0.25, 0.3) is 0 Å². The lowest BCUT2D eigenvalue weighted by Crippen LogP contribution is -2.49. The second kappa shape index (κ2) is 3.43. The average Bonchev–Trinajstić information content (AvgIpc) is 2.46. The number of carboxylic acid groups (broad SMARTS) is 1. The van der Waals surface area contributed by atoms with E-state index in [-0.39, 0.29) is 5.92 Å². The summed E-state index contributed by atoms with van der Waals surface area (Å²) in [5.41, 5.74) is 2.83. The molecule has 0 radical (unpaired) electrons. The maximum Gasteiger partial charge on any atom is 0.309 e. The normalized spacial score (nSPS) is 18.5. The molecular formula is C8H10N2O2S. The first kappa shape index (κ1) is 8.65. The van der Waals surface area contributed by atoms with Gasteiger partial charge in [-0.05, 0) is 0 Å². The summed E-state index contributed by atoms with van der Waals surface area (Å²) < 4.78 is 0. The highest BCUT2D eigenvalue weighted by Crippen LogP contribution is 2.18. The van der Waals surface area contributed by atoms with Gasteiger partial charge in [0.15, 0.2) is 0 Å². The zero-order valence-corrected chi connectivity index (χ0v) is 7.83. The minimum absolute atomic E-state index is 0.168. The van der Waals surface area contributed by atoms with Gasteiger partial charge < -0.3 is 5.11 Å². The highest BCUT2D eigenvalue weighted by molar-refractivity contribution is 7.07. The molecule has 1 fully saturated rings. The van der Waals surface area contributed by atoms with Crippen molar-refractivity contribution < 1.29 is 9.90 Å². The average molecular weight is 198 g/mol. The van der Waals surface area contributed by atoms with Gasteiger partial charge in [-0.15, -0.1) is 11.3 Å². The fraction of sp³-hybridized carbons (Fsp3) is 0.500. The Morgan fingerprint density at radius 3 is 3.08 bits per heavy atom. The molecule has 5 heteroatoms. The highest BCUT2D eigenvalue weighted by atomic mass is 32.1. The standard InChI is InChI=1S/C8H10N2O2S/c11-8(12)6-1-10(2-6)3-7-4-13-5-9-7/h4-6H,1-3H2,(H,11,12). The molecule has 0 atom stereocenters. The van der Waals surface area contributed by atoms with Gasteiger partial charge in [0.05, 0.1) is 17.1 Å². The van der Waals surface area contributed by atoms with Crippen molar-refractivity contribution in [2.45, 2.75) is 6.54 Å². The fourth-order valence-corrected chi connectivity index (χ4v) is 1.95. The van der Waals surface area contributed by atoms with E-state index < -0.39 is 5.97 Å². The van der Waals surface area contributed by atoms with Crippen LogP contribution >= 0.6 is 11.3 Å². The van der Waals surface area contributed by atoms with Crippen molar-refractivity contribution in [3.05, 3.63) is 16.6 Å². The highest BCUT2D eigenvalue weighted by Gasteiger charge is 2.32. The van der Waals surface area contributed by atoms with Crippen LogP contribution in [0.15, 0.2) is 10.9 Å². The summed E-state index contributed by atoms with van der Waals surface area (Å²) in [5, 5.41) is 10.6. The summed E-state index contributed by atoms with van der Waals surface area (Å²) >= 11 is 1.57. The third-order valence-corrected chi connectivity index (χ3v) is 2.81. The second-order valence-electron chi connectivity index (χ2n) is 3.21. The molecule has 0 spiro atoms. The number of likely N-dealkylation sites (tertiary alicyclic amines) is 1. The van der Waals surface area contributed by atoms with E-state index in [9.17, 15) is 4.79 Å². The van der Waals surface area contributed by atoms with Crippen molar-refractivity contribution in [1.29, 1.82) is 0 Å². The number of carboxylic acids is 1. The number of aliphatic carboxylic acids is 1. The van der Waals surface area contributed by atoms with Gasteiger partial charge in [0.2, 0.25) is 0 Å². The van der Waals surface area contributed by atoms with Crippen molar-refractivity contribution >= 4 is 17.3 Å². The monoisotopic (exact) mass is 198 g/mol. The van der Waals surface area contributed by atoms with Crippen LogP contribution in [0.3, 0.4) is 0 Å². The van der Waals surface area contributed by atoms with Crippen molar-refractivity contribution in [1.82, 2.24) is 9.88 Å². The molecule has 2 heterocycles. The van der Waals surface area contributed by atoms with E-state index in [4.69, 9.17) is 5.11 Å². The number of hydrogen-bond donors (Lipinski definition) is 1. The minimum atomic E-state index is -0.686. The second-order valence-corrected chi connectivity index (χ2v) is 3.93. The molecule has 1 aliphatic rings. The van der Waals surface area contributed by atoms with Crippen LogP contribution in [0, 0.1) is 5.92 Å². The third-order valence-electron chi connectivity index (χ3n) is 2.18. The molecule has 0 aromatic carbocycles. The Balaban J connectivity index is 1.79. The van der Waals surface area contributed by atoms with Crippen molar-refractivity contribution in [2.75, 3.05) is 13.1 Å². The first-order valence-electron chi connectivity index (χ1n) is 4.08. The Bertz CT molecular complexity index is 293. The van der Waals surface area contributed by atoms with E-state index in [1.54, 1.807) is 16.8 Å². The van der Waals surface area contributed by atoms with Crippen LogP contribution in [0.25, 0.3) is 0 Å². The first-order chi connectivity index (χ1) is 6.25. The number of aromatic nitrogens is 1. The topological polar surface area (TPSA) is 53.4 Å². The van der Waals surface area contributed by atoms with Gasteiger partial charge in [0.1, 0.15) is 0 Å².